The summed E-state index contributed by atoms with van der Waals surface area (Å²) < 4.78 is 14.3. The van der Waals surface area contributed by atoms with Gasteiger partial charge in [0.2, 0.25) is 0 Å². The number of carbonyl (C=O) groups is 1. The zero-order valence-corrected chi connectivity index (χ0v) is 8.01. The quantitative estimate of drug-likeness (QED) is 0.698. The minimum atomic E-state index is -0.378. The van der Waals surface area contributed by atoms with Gasteiger partial charge in [-0.05, 0) is 19.1 Å². The normalized spacial score (nSPS) is 10.3. The van der Waals surface area contributed by atoms with E-state index in [2.05, 4.69) is 10.1 Å². The van der Waals surface area contributed by atoms with E-state index in [9.17, 15) is 9.18 Å². The van der Waals surface area contributed by atoms with Crippen LogP contribution in [0.1, 0.15) is 16.1 Å². The molecule has 0 fully saturated rings. The summed E-state index contributed by atoms with van der Waals surface area (Å²) in [5.41, 5.74) is 0.791. The van der Waals surface area contributed by atoms with E-state index >= 15 is 0 Å². The van der Waals surface area contributed by atoms with Crippen molar-refractivity contribution in [3.8, 4) is 5.82 Å². The molecule has 0 saturated carbocycles. The Kier molecular flexibility index (Phi) is 2.29. The molecule has 0 radical (unpaired) electrons. The van der Waals surface area contributed by atoms with Gasteiger partial charge < -0.3 is 0 Å². The number of aryl methyl sites for hydroxylation is 1. The van der Waals surface area contributed by atoms with Gasteiger partial charge in [0.05, 0.1) is 11.9 Å². The van der Waals surface area contributed by atoms with Crippen LogP contribution in [0.25, 0.3) is 5.82 Å². The molecule has 0 unspecified atom stereocenters. The molecule has 0 spiro atoms. The molecule has 5 heteroatoms. The Morgan fingerprint density at radius 3 is 2.73 bits per heavy atom. The molecule has 0 atom stereocenters. The highest BCUT2D eigenvalue weighted by molar-refractivity contribution is 5.74. The Balaban J connectivity index is 2.41. The predicted molar refractivity (Wildman–Crippen MR) is 51.4 cm³/mol. The van der Waals surface area contributed by atoms with Crippen molar-refractivity contribution in [3.05, 3.63) is 41.6 Å². The van der Waals surface area contributed by atoms with Crippen molar-refractivity contribution < 1.29 is 9.18 Å². The lowest BCUT2D eigenvalue weighted by Gasteiger charge is -1.98. The number of halogens is 1. The van der Waals surface area contributed by atoms with E-state index < -0.39 is 0 Å². The van der Waals surface area contributed by atoms with Crippen LogP contribution in [0.4, 0.5) is 4.39 Å². The third-order valence-electron chi connectivity index (χ3n) is 1.98. The Morgan fingerprint density at radius 2 is 2.27 bits per heavy atom. The fourth-order valence-corrected chi connectivity index (χ4v) is 1.16. The predicted octanol–water partition coefficient (Wildman–Crippen LogP) is 1.53. The molecule has 0 aromatic carbocycles. The highest BCUT2D eigenvalue weighted by atomic mass is 19.1. The molecule has 0 N–H and O–H groups in total. The topological polar surface area (TPSA) is 47.8 Å². The number of rotatable bonds is 2. The first-order valence-electron chi connectivity index (χ1n) is 4.34. The van der Waals surface area contributed by atoms with Crippen LogP contribution in [0.5, 0.6) is 0 Å². The first-order valence-corrected chi connectivity index (χ1v) is 4.34. The second-order valence-electron chi connectivity index (χ2n) is 3.07. The molecule has 0 aliphatic rings. The zero-order valence-electron chi connectivity index (χ0n) is 8.01. The van der Waals surface area contributed by atoms with Gasteiger partial charge in [0.15, 0.2) is 17.9 Å². The summed E-state index contributed by atoms with van der Waals surface area (Å²) >= 11 is 0. The van der Waals surface area contributed by atoms with Crippen LogP contribution in [0, 0.1) is 12.7 Å². The zero-order chi connectivity index (χ0) is 10.8. The second kappa shape index (κ2) is 3.61. The summed E-state index contributed by atoms with van der Waals surface area (Å²) in [6.45, 7) is 1.58. The van der Waals surface area contributed by atoms with Gasteiger partial charge in [-0.1, -0.05) is 0 Å². The van der Waals surface area contributed by atoms with Crippen molar-refractivity contribution in [1.82, 2.24) is 14.8 Å². The highest BCUT2D eigenvalue weighted by Gasteiger charge is 2.05. The third kappa shape index (κ3) is 1.76. The van der Waals surface area contributed by atoms with E-state index in [1.165, 1.54) is 17.1 Å². The van der Waals surface area contributed by atoms with E-state index in [0.29, 0.717) is 23.4 Å². The number of nitrogens with zero attached hydrogens (tertiary/aromatic N) is 3. The van der Waals surface area contributed by atoms with Gasteiger partial charge in [-0.15, -0.1) is 0 Å². The smallest absolute Gasteiger partial charge is 0.164 e. The molecular weight excluding hydrogens is 197 g/mol. The molecule has 2 heterocycles. The van der Waals surface area contributed by atoms with E-state index in [-0.39, 0.29) is 5.82 Å². The van der Waals surface area contributed by atoms with E-state index in [4.69, 9.17) is 0 Å². The second-order valence-corrected chi connectivity index (χ2v) is 3.07. The SMILES string of the molecule is Cc1nn(-c2ccc(C=O)cn2)cc1F. The number of hydrogen-bond donors (Lipinski definition) is 0. The van der Waals surface area contributed by atoms with Crippen LogP contribution < -0.4 is 0 Å². The summed E-state index contributed by atoms with van der Waals surface area (Å²) in [4.78, 5) is 14.4. The van der Waals surface area contributed by atoms with Crippen molar-refractivity contribution in [2.75, 3.05) is 0 Å². The molecule has 4 nitrogen and oxygen atoms in total. The van der Waals surface area contributed by atoms with Crippen molar-refractivity contribution in [3.63, 3.8) is 0 Å². The largest absolute Gasteiger partial charge is 0.298 e. The van der Waals surface area contributed by atoms with Gasteiger partial charge in [0, 0.05) is 11.8 Å². The average Bonchev–Trinajstić information content (AvgIpc) is 2.59. The summed E-state index contributed by atoms with van der Waals surface area (Å²) in [5, 5.41) is 3.93. The van der Waals surface area contributed by atoms with Crippen molar-refractivity contribution in [2.45, 2.75) is 6.92 Å². The summed E-state index contributed by atoms with van der Waals surface area (Å²) in [6.07, 6.45) is 3.36. The Labute approximate surface area is 85.4 Å². The van der Waals surface area contributed by atoms with Crippen LogP contribution in [0.3, 0.4) is 0 Å². The maximum atomic E-state index is 13.0. The number of carbonyl (C=O) groups excluding carboxylic acids is 1. The monoisotopic (exact) mass is 205 g/mol. The molecule has 0 amide bonds. The molecule has 0 aliphatic carbocycles. The Bertz CT molecular complexity index is 470. The van der Waals surface area contributed by atoms with Gasteiger partial charge >= 0.3 is 0 Å². The average molecular weight is 205 g/mol. The van der Waals surface area contributed by atoms with Crippen molar-refractivity contribution in [2.24, 2.45) is 0 Å². The molecular formula is C10H8FN3O. The lowest BCUT2D eigenvalue weighted by atomic mass is 10.3. The first-order chi connectivity index (χ1) is 7.20. The minimum absolute atomic E-state index is 0.316. The van der Waals surface area contributed by atoms with E-state index in [1.807, 2.05) is 0 Å². The molecule has 15 heavy (non-hydrogen) atoms. The molecule has 2 rings (SSSR count). The summed E-state index contributed by atoms with van der Waals surface area (Å²) in [5.74, 6) is 0.101. The van der Waals surface area contributed by atoms with Crippen LogP contribution in [-0.4, -0.2) is 21.1 Å². The number of aromatic nitrogens is 3. The highest BCUT2D eigenvalue weighted by Crippen LogP contribution is 2.08. The fraction of sp³-hybridized carbons (Fsp3) is 0.100. The molecule has 2 aromatic rings. The number of aldehydes is 1. The molecule has 2 aromatic heterocycles. The van der Waals surface area contributed by atoms with Crippen LogP contribution in [0.15, 0.2) is 24.5 Å². The lowest BCUT2D eigenvalue weighted by Crippen LogP contribution is -1.98. The van der Waals surface area contributed by atoms with Gasteiger partial charge in [-0.3, -0.25) is 4.79 Å². The summed E-state index contributed by atoms with van der Waals surface area (Å²) in [7, 11) is 0. The summed E-state index contributed by atoms with van der Waals surface area (Å²) in [6, 6.07) is 3.21. The minimum Gasteiger partial charge on any atom is -0.298 e. The van der Waals surface area contributed by atoms with Crippen molar-refractivity contribution in [1.29, 1.82) is 0 Å². The number of pyridine rings is 1. The van der Waals surface area contributed by atoms with Gasteiger partial charge in [0.1, 0.15) is 0 Å². The maximum Gasteiger partial charge on any atom is 0.164 e. The van der Waals surface area contributed by atoms with Gasteiger partial charge in [0.25, 0.3) is 0 Å². The van der Waals surface area contributed by atoms with Crippen LogP contribution in [0.2, 0.25) is 0 Å². The Hall–Kier alpha value is -2.04. The van der Waals surface area contributed by atoms with Crippen LogP contribution in [-0.2, 0) is 0 Å². The molecule has 0 aliphatic heterocycles. The van der Waals surface area contributed by atoms with E-state index in [1.54, 1.807) is 19.1 Å². The molecule has 0 bridgehead atoms. The number of hydrogen-bond acceptors (Lipinski definition) is 3. The van der Waals surface area contributed by atoms with Gasteiger partial charge in [-0.25, -0.2) is 14.1 Å². The molecule has 76 valence electrons. The standard InChI is InChI=1S/C10H8FN3O/c1-7-9(11)5-14(13-7)10-3-2-8(6-15)4-12-10/h2-6H,1H3. The lowest BCUT2D eigenvalue weighted by molar-refractivity contribution is 0.112. The van der Waals surface area contributed by atoms with Crippen molar-refractivity contribution >= 4 is 6.29 Å². The fourth-order valence-electron chi connectivity index (χ4n) is 1.16. The van der Waals surface area contributed by atoms with Gasteiger partial charge in [-0.2, -0.15) is 5.10 Å². The van der Waals surface area contributed by atoms with Crippen LogP contribution >= 0.6 is 0 Å². The third-order valence-corrected chi connectivity index (χ3v) is 1.98. The Morgan fingerprint density at radius 1 is 1.47 bits per heavy atom. The van der Waals surface area contributed by atoms with E-state index in [0.717, 1.165) is 0 Å². The maximum absolute atomic E-state index is 13.0. The molecule has 0 saturated heterocycles. The first kappa shape index (κ1) is 9.51.